The van der Waals surface area contributed by atoms with Gasteiger partial charge in [0.15, 0.2) is 0 Å². The van der Waals surface area contributed by atoms with Crippen LogP contribution in [0.25, 0.3) is 0 Å². The van der Waals surface area contributed by atoms with Gasteiger partial charge in [0.25, 0.3) is 23.0 Å². The van der Waals surface area contributed by atoms with E-state index >= 15 is 0 Å². The molecule has 0 aliphatic carbocycles. The average Bonchev–Trinajstić information content (AvgIpc) is 2.82. The molecule has 3 atom stereocenters. The maximum absolute atomic E-state index is 14.7. The Bertz CT molecular complexity index is 1170. The molecule has 0 bridgehead atoms. The van der Waals surface area contributed by atoms with Crippen LogP contribution in [0.4, 0.5) is 101 Å². The van der Waals surface area contributed by atoms with Gasteiger partial charge < -0.3 is 4.74 Å². The zero-order chi connectivity index (χ0) is 37.1. The lowest BCUT2D eigenvalue weighted by Gasteiger charge is -2.41. The molecule has 0 radical (unpaired) electrons. The number of ketones is 3. The summed E-state index contributed by atoms with van der Waals surface area (Å²) in [6, 6.07) is 0. The Kier molecular flexibility index (Phi) is 10.6. The minimum Gasteiger partial charge on any atom is -0.502 e. The molecule has 45 heavy (non-hydrogen) atoms. The second kappa shape index (κ2) is 11.3. The fourth-order valence-electron chi connectivity index (χ4n) is 2.73. The summed E-state index contributed by atoms with van der Waals surface area (Å²) in [5.41, 5.74) is -24.7. The van der Waals surface area contributed by atoms with Crippen LogP contribution in [0.2, 0.25) is 0 Å². The molecule has 0 aliphatic rings. The van der Waals surface area contributed by atoms with Crippen LogP contribution in [-0.4, -0.2) is 89.4 Å². The smallest absolute Gasteiger partial charge is 0.460 e. The number of alkyl halides is 23. The molecular formula is C18H7F23O4. The van der Waals surface area contributed by atoms with Crippen LogP contribution in [-0.2, 0) is 19.1 Å². The topological polar surface area (TPSA) is 60.4 Å². The molecular weight excluding hydrogens is 717 g/mol. The van der Waals surface area contributed by atoms with Gasteiger partial charge in [0.05, 0.1) is 12.9 Å². The number of hydrogen-bond donors (Lipinski definition) is 0. The second-order valence-corrected chi connectivity index (χ2v) is 8.06. The summed E-state index contributed by atoms with van der Waals surface area (Å²) in [6.45, 7) is -0.123. The van der Waals surface area contributed by atoms with Crippen molar-refractivity contribution in [1.29, 1.82) is 0 Å². The number of allylic oxidation sites excluding steroid dienone is 1. The summed E-state index contributed by atoms with van der Waals surface area (Å²) >= 11 is 0. The molecule has 0 heterocycles. The molecule has 0 aliphatic heterocycles. The molecule has 0 spiro atoms. The third-order valence-corrected chi connectivity index (χ3v) is 5.18. The number of carbonyl (C=O) groups excluding carboxylic acids is 3. The van der Waals surface area contributed by atoms with E-state index in [2.05, 4.69) is 4.74 Å². The molecule has 0 N–H and O–H groups in total. The summed E-state index contributed by atoms with van der Waals surface area (Å²) in [5.74, 6) is -52.7. The Morgan fingerprint density at radius 1 is 0.467 bits per heavy atom. The zero-order valence-electron chi connectivity index (χ0n) is 20.2. The molecule has 0 saturated carbocycles. The first-order valence-corrected chi connectivity index (χ1v) is 10.1. The Balaban J connectivity index is 7.95. The molecule has 4 nitrogen and oxygen atoms in total. The Labute approximate surface area is 230 Å². The number of Topliss-reactive ketones (excluding diaryl/α,β-unsaturated/α-hetero) is 3. The van der Waals surface area contributed by atoms with Gasteiger partial charge >= 0.3 is 59.7 Å². The maximum atomic E-state index is 14.7. The fourth-order valence-corrected chi connectivity index (χ4v) is 2.73. The first-order valence-electron chi connectivity index (χ1n) is 10.1. The zero-order valence-corrected chi connectivity index (χ0v) is 20.2. The maximum Gasteiger partial charge on any atom is 0.460 e. The van der Waals surface area contributed by atoms with Crippen molar-refractivity contribution in [2.75, 3.05) is 6.61 Å². The van der Waals surface area contributed by atoms with Crippen molar-refractivity contribution >= 4 is 17.3 Å². The van der Waals surface area contributed by atoms with E-state index in [9.17, 15) is 115 Å². The number of halogens is 23. The number of ether oxygens (including phenoxy) is 1. The van der Waals surface area contributed by atoms with E-state index in [4.69, 9.17) is 0 Å². The Morgan fingerprint density at radius 2 is 0.778 bits per heavy atom. The third kappa shape index (κ3) is 5.97. The molecule has 0 fully saturated rings. The molecule has 27 heteroatoms. The van der Waals surface area contributed by atoms with Crippen LogP contribution in [0, 0.1) is 0 Å². The van der Waals surface area contributed by atoms with E-state index in [0.717, 1.165) is 6.92 Å². The lowest BCUT2D eigenvalue weighted by atomic mass is 9.75. The molecule has 264 valence electrons. The molecule has 3 unspecified atom stereocenters. The van der Waals surface area contributed by atoms with Crippen LogP contribution < -0.4 is 0 Å². The molecule has 0 aromatic heterocycles. The molecule has 0 amide bonds. The SMILES string of the molecule is CCOC=CC(F)(C(=O)C(F)(F)C(F)(C(=O)C(F)(F)C(F)(C(=O)C(F)(F)C(F)(F)C(F)(F)F)C(F)(F)F)C(F)(F)F)C(F)(F)F. The van der Waals surface area contributed by atoms with Gasteiger partial charge in [0.1, 0.15) is 0 Å². The number of hydrogen-bond acceptors (Lipinski definition) is 4. The van der Waals surface area contributed by atoms with Gasteiger partial charge in [-0.05, 0) is 6.92 Å². The van der Waals surface area contributed by atoms with Gasteiger partial charge in [-0.1, -0.05) is 0 Å². The minimum absolute atomic E-state index is 0.782. The summed E-state index contributed by atoms with van der Waals surface area (Å²) in [7, 11) is 0. The predicted molar refractivity (Wildman–Crippen MR) is 91.3 cm³/mol. The van der Waals surface area contributed by atoms with Crippen molar-refractivity contribution in [3.05, 3.63) is 12.3 Å². The van der Waals surface area contributed by atoms with Crippen molar-refractivity contribution in [2.45, 2.75) is 72.3 Å². The lowest BCUT2D eigenvalue weighted by molar-refractivity contribution is -0.355. The molecule has 0 rings (SSSR count). The first kappa shape index (κ1) is 41.9. The number of rotatable bonds is 12. The average molecular weight is 724 g/mol. The van der Waals surface area contributed by atoms with Gasteiger partial charge in [0.2, 0.25) is 0 Å². The summed E-state index contributed by atoms with van der Waals surface area (Å²) in [6.07, 6.45) is -35.2. The molecule has 0 aromatic carbocycles. The summed E-state index contributed by atoms with van der Waals surface area (Å²) in [5, 5.41) is 0. The highest BCUT2D eigenvalue weighted by molar-refractivity contribution is 6.10. The van der Waals surface area contributed by atoms with Gasteiger partial charge in [-0.3, -0.25) is 14.4 Å². The monoisotopic (exact) mass is 724 g/mol. The summed E-state index contributed by atoms with van der Waals surface area (Å²) in [4.78, 5) is 34.5. The van der Waals surface area contributed by atoms with Crippen molar-refractivity contribution in [3.8, 4) is 0 Å². The number of carbonyl (C=O) groups is 3. The lowest BCUT2D eigenvalue weighted by Crippen LogP contribution is -2.77. The third-order valence-electron chi connectivity index (χ3n) is 5.18. The van der Waals surface area contributed by atoms with Gasteiger partial charge in [-0.2, -0.15) is 87.8 Å². The highest BCUT2D eigenvalue weighted by Crippen LogP contribution is 2.59. The van der Waals surface area contributed by atoms with Gasteiger partial charge in [-0.15, -0.1) is 0 Å². The van der Waals surface area contributed by atoms with Crippen molar-refractivity contribution in [3.63, 3.8) is 0 Å². The fraction of sp³-hybridized carbons (Fsp3) is 0.722. The van der Waals surface area contributed by atoms with Crippen LogP contribution in [0.5, 0.6) is 0 Å². The van der Waals surface area contributed by atoms with Gasteiger partial charge in [0, 0.05) is 6.08 Å². The van der Waals surface area contributed by atoms with E-state index in [1.807, 2.05) is 0 Å². The van der Waals surface area contributed by atoms with Crippen LogP contribution >= 0.6 is 0 Å². The first-order chi connectivity index (χ1) is 19.3. The van der Waals surface area contributed by atoms with Crippen LogP contribution in [0.15, 0.2) is 12.3 Å². The van der Waals surface area contributed by atoms with Crippen LogP contribution in [0.1, 0.15) is 6.92 Å². The highest BCUT2D eigenvalue weighted by atomic mass is 19.4. The summed E-state index contributed by atoms with van der Waals surface area (Å²) < 4.78 is 313. The van der Waals surface area contributed by atoms with E-state index in [0.29, 0.717) is 0 Å². The van der Waals surface area contributed by atoms with Gasteiger partial charge in [-0.25, -0.2) is 13.2 Å². The minimum atomic E-state index is -9.08. The second-order valence-electron chi connectivity index (χ2n) is 8.06. The van der Waals surface area contributed by atoms with E-state index in [1.54, 1.807) is 0 Å². The highest BCUT2D eigenvalue weighted by Gasteiger charge is 2.93. The van der Waals surface area contributed by atoms with E-state index < -0.39 is 102 Å². The Hall–Kier alpha value is -3.06. The Morgan fingerprint density at radius 3 is 1.04 bits per heavy atom. The van der Waals surface area contributed by atoms with Crippen LogP contribution in [0.3, 0.4) is 0 Å². The molecule has 0 aromatic rings. The quantitative estimate of drug-likeness (QED) is 0.159. The van der Waals surface area contributed by atoms with Crippen molar-refractivity contribution in [1.82, 2.24) is 0 Å². The standard InChI is InChI=1S/C18H7F23O4/c1-2-45-4-3-8(19,15(30,31)32)5(42)11(22,23)9(20,16(33,34)35)6(43)12(24,25)10(21,17(36,37)38)7(44)13(26,27)14(28,29)18(39,40)41/h3-4H,2H2,1H3. The van der Waals surface area contributed by atoms with E-state index in [-0.39, 0.29) is 0 Å². The normalized spacial score (nSPS) is 19.0. The van der Waals surface area contributed by atoms with Crippen molar-refractivity contribution in [2.24, 2.45) is 0 Å². The van der Waals surface area contributed by atoms with Crippen molar-refractivity contribution < 1.29 is 120 Å². The van der Waals surface area contributed by atoms with E-state index in [1.165, 1.54) is 0 Å². The molecule has 0 saturated heterocycles. The largest absolute Gasteiger partial charge is 0.502 e. The predicted octanol–water partition coefficient (Wildman–Crippen LogP) is 7.16.